The van der Waals surface area contributed by atoms with Crippen molar-refractivity contribution in [2.75, 3.05) is 19.5 Å². The maximum Gasteiger partial charge on any atom is 0.396 e. The summed E-state index contributed by atoms with van der Waals surface area (Å²) < 4.78 is 28.8. The number of ether oxygens (including phenoxy) is 4. The lowest BCUT2D eigenvalue weighted by Gasteiger charge is -2.27. The number of carbonyl (C=O) groups excluding carboxylic acids is 3. The van der Waals surface area contributed by atoms with E-state index in [9.17, 15) is 19.2 Å². The minimum atomic E-state index is -1.31. The van der Waals surface area contributed by atoms with Gasteiger partial charge in [-0.3, -0.25) is 23.7 Å². The molecule has 2 aromatic heterocycles. The molecule has 0 aromatic carbocycles. The number of nitrogen functional groups attached to an aromatic ring is 1. The summed E-state index contributed by atoms with van der Waals surface area (Å²) in [5.74, 6) is -2.34. The number of thiazole rings is 1. The number of esters is 3. The fourth-order valence-corrected chi connectivity index (χ4v) is 4.48. The number of nitrogens with one attached hydrogen (secondary N) is 1. The fraction of sp³-hybridized carbons (Fsp3) is 0.600. The Morgan fingerprint density at radius 2 is 1.97 bits per heavy atom. The van der Waals surface area contributed by atoms with Gasteiger partial charge in [-0.05, 0) is 5.92 Å². The Morgan fingerprint density at radius 1 is 1.25 bits per heavy atom. The molecule has 16 heteroatoms. The Kier molecular flexibility index (Phi) is 9.00. The normalized spacial score (nSPS) is 22.4. The van der Waals surface area contributed by atoms with E-state index in [0.717, 1.165) is 15.9 Å². The zero-order chi connectivity index (χ0) is 26.6. The monoisotopic (exact) mass is 524 g/mol. The SMILES string of the molecule is CO[B]N[C@H](C(=O)O[C@@H]1[C@@H](OC(C)=O)[C@@H](COC(C)=O)O[C@H]1n1c(=O)sc2cnc(N)nc21)C(C)C. The van der Waals surface area contributed by atoms with Crippen molar-refractivity contribution in [2.45, 2.75) is 58.3 Å². The molecule has 2 aromatic rings. The lowest BCUT2D eigenvalue weighted by Crippen LogP contribution is -2.48. The molecule has 1 radical (unpaired) electrons. The van der Waals surface area contributed by atoms with Crippen LogP contribution < -0.4 is 15.8 Å². The van der Waals surface area contributed by atoms with Gasteiger partial charge < -0.3 is 34.6 Å². The topological polar surface area (TPSA) is 183 Å². The van der Waals surface area contributed by atoms with Crippen LogP contribution in [0.3, 0.4) is 0 Å². The number of hydrogen-bond donors (Lipinski definition) is 2. The van der Waals surface area contributed by atoms with E-state index in [1.807, 2.05) is 0 Å². The number of hydrogen-bond acceptors (Lipinski definition) is 14. The van der Waals surface area contributed by atoms with Crippen LogP contribution in [0.5, 0.6) is 0 Å². The van der Waals surface area contributed by atoms with Crippen LogP contribution in [-0.2, 0) is 38.0 Å². The quantitative estimate of drug-likeness (QED) is 0.231. The van der Waals surface area contributed by atoms with Crippen molar-refractivity contribution in [3.63, 3.8) is 0 Å². The summed E-state index contributed by atoms with van der Waals surface area (Å²) in [7, 11) is 2.65. The van der Waals surface area contributed by atoms with Crippen molar-refractivity contribution in [3.05, 3.63) is 15.9 Å². The van der Waals surface area contributed by atoms with Gasteiger partial charge in [-0.15, -0.1) is 0 Å². The summed E-state index contributed by atoms with van der Waals surface area (Å²) in [6.45, 7) is 5.62. The van der Waals surface area contributed by atoms with Crippen LogP contribution in [0.15, 0.2) is 11.0 Å². The Morgan fingerprint density at radius 3 is 2.58 bits per heavy atom. The Balaban J connectivity index is 2.06. The predicted molar refractivity (Wildman–Crippen MR) is 127 cm³/mol. The Bertz CT molecular complexity index is 1170. The van der Waals surface area contributed by atoms with E-state index in [1.54, 1.807) is 13.8 Å². The van der Waals surface area contributed by atoms with Gasteiger partial charge in [0.25, 0.3) is 0 Å². The molecule has 1 saturated heterocycles. The number of nitrogens with two attached hydrogens (primary N) is 1. The maximum atomic E-state index is 13.2. The molecule has 1 aliphatic rings. The van der Waals surface area contributed by atoms with E-state index in [4.69, 9.17) is 29.3 Å². The third kappa shape index (κ3) is 6.18. The van der Waals surface area contributed by atoms with Gasteiger partial charge in [0, 0.05) is 21.0 Å². The van der Waals surface area contributed by atoms with Crippen molar-refractivity contribution in [3.8, 4) is 0 Å². The number of aromatic nitrogens is 3. The largest absolute Gasteiger partial charge is 0.463 e. The van der Waals surface area contributed by atoms with Crippen molar-refractivity contribution in [2.24, 2.45) is 5.92 Å². The first-order valence-corrected chi connectivity index (χ1v) is 11.8. The van der Waals surface area contributed by atoms with E-state index < -0.39 is 53.4 Å². The van der Waals surface area contributed by atoms with Crippen LogP contribution in [0, 0.1) is 5.92 Å². The zero-order valence-electron chi connectivity index (χ0n) is 20.3. The highest BCUT2D eigenvalue weighted by atomic mass is 32.1. The molecule has 1 fully saturated rings. The number of fused-ring (bicyclic) bond motifs is 1. The van der Waals surface area contributed by atoms with E-state index in [2.05, 4.69) is 15.2 Å². The number of anilines is 1. The van der Waals surface area contributed by atoms with Crippen molar-refractivity contribution in [1.82, 2.24) is 19.8 Å². The van der Waals surface area contributed by atoms with E-state index in [0.29, 0.717) is 4.70 Å². The van der Waals surface area contributed by atoms with Gasteiger partial charge in [0.1, 0.15) is 12.7 Å². The highest BCUT2D eigenvalue weighted by Crippen LogP contribution is 2.36. The van der Waals surface area contributed by atoms with Crippen LogP contribution in [-0.4, -0.2) is 78.1 Å². The van der Waals surface area contributed by atoms with E-state index >= 15 is 0 Å². The van der Waals surface area contributed by atoms with Crippen molar-refractivity contribution in [1.29, 1.82) is 0 Å². The fourth-order valence-electron chi connectivity index (χ4n) is 3.66. The second-order valence-electron chi connectivity index (χ2n) is 8.24. The molecule has 195 valence electrons. The smallest absolute Gasteiger partial charge is 0.396 e. The number of carbonyl (C=O) groups is 3. The molecule has 0 aliphatic carbocycles. The third-order valence-electron chi connectivity index (χ3n) is 5.21. The van der Waals surface area contributed by atoms with Crippen LogP contribution in [0.2, 0.25) is 0 Å². The second-order valence-corrected chi connectivity index (χ2v) is 9.23. The minimum Gasteiger partial charge on any atom is -0.463 e. The van der Waals surface area contributed by atoms with Crippen LogP contribution >= 0.6 is 11.3 Å². The molecule has 3 N–H and O–H groups in total. The minimum absolute atomic E-state index is 0.0900. The van der Waals surface area contributed by atoms with E-state index in [1.165, 1.54) is 34.8 Å². The van der Waals surface area contributed by atoms with Gasteiger partial charge in [0.15, 0.2) is 24.1 Å². The molecule has 3 rings (SSSR count). The Labute approximate surface area is 210 Å². The van der Waals surface area contributed by atoms with Gasteiger partial charge in [0.2, 0.25) is 5.95 Å². The standard InChI is InChI=1S/C20H27BN5O9S/c1-8(2)13(25-21-31-5)18(29)35-15-14(33-10(4)28)11(7-32-9(3)27)34-17(15)26-16-12(36-20(26)30)6-23-19(22)24-16/h6,8,11,13-15,17,25H,7H2,1-5H3,(H2,22,23,24)/t11-,13+,14+,15-,17-/m1/s1. The van der Waals surface area contributed by atoms with Crippen LogP contribution in [0.1, 0.15) is 33.9 Å². The molecule has 14 nitrogen and oxygen atoms in total. The average Bonchev–Trinajstić information content (AvgIpc) is 3.27. The molecule has 0 unspecified atom stereocenters. The van der Waals surface area contributed by atoms with Crippen molar-refractivity contribution < 1.29 is 38.0 Å². The van der Waals surface area contributed by atoms with Gasteiger partial charge >= 0.3 is 30.4 Å². The third-order valence-corrected chi connectivity index (χ3v) is 6.09. The molecule has 3 heterocycles. The molecular weight excluding hydrogens is 497 g/mol. The molecule has 0 saturated carbocycles. The molecule has 5 atom stereocenters. The van der Waals surface area contributed by atoms with Gasteiger partial charge in [-0.2, -0.15) is 4.98 Å². The van der Waals surface area contributed by atoms with Gasteiger partial charge in [-0.25, -0.2) is 4.98 Å². The zero-order valence-corrected chi connectivity index (χ0v) is 21.1. The van der Waals surface area contributed by atoms with Gasteiger partial charge in [0.05, 0.1) is 16.9 Å². The summed E-state index contributed by atoms with van der Waals surface area (Å²) in [4.78, 5) is 57.1. The molecule has 0 bridgehead atoms. The van der Waals surface area contributed by atoms with Crippen molar-refractivity contribution >= 4 is 53.2 Å². The first kappa shape index (κ1) is 27.5. The average molecular weight is 524 g/mol. The summed E-state index contributed by atoms with van der Waals surface area (Å²) in [5.41, 5.74) is 5.87. The summed E-state index contributed by atoms with van der Waals surface area (Å²) >= 11 is 0.832. The molecule has 0 amide bonds. The maximum absolute atomic E-state index is 13.2. The van der Waals surface area contributed by atoms with Crippen LogP contribution in [0.4, 0.5) is 5.95 Å². The summed E-state index contributed by atoms with van der Waals surface area (Å²) in [6.07, 6.45) is -3.48. The van der Waals surface area contributed by atoms with Gasteiger partial charge in [-0.1, -0.05) is 25.2 Å². The molecular formula is C20H27BN5O9S. The first-order valence-electron chi connectivity index (χ1n) is 10.9. The molecule has 1 aliphatic heterocycles. The lowest BCUT2D eigenvalue weighted by atomic mass is 10.0. The summed E-state index contributed by atoms with van der Waals surface area (Å²) in [6, 6.07) is -0.843. The molecule has 0 spiro atoms. The summed E-state index contributed by atoms with van der Waals surface area (Å²) in [5, 5.41) is 2.80. The van der Waals surface area contributed by atoms with E-state index in [-0.39, 0.29) is 24.1 Å². The Hall–Kier alpha value is -3.08. The number of nitrogens with zero attached hydrogens (tertiary/aromatic N) is 3. The highest BCUT2D eigenvalue weighted by molar-refractivity contribution is 7.16. The molecule has 36 heavy (non-hydrogen) atoms. The lowest BCUT2D eigenvalue weighted by molar-refractivity contribution is -0.170. The number of rotatable bonds is 10. The predicted octanol–water partition coefficient (Wildman–Crippen LogP) is -0.466. The second kappa shape index (κ2) is 11.8. The van der Waals surface area contributed by atoms with Crippen LogP contribution in [0.25, 0.3) is 10.3 Å². The highest BCUT2D eigenvalue weighted by Gasteiger charge is 2.52. The first-order chi connectivity index (χ1) is 17.0.